The van der Waals surface area contributed by atoms with E-state index in [1.807, 2.05) is 0 Å². The first-order valence-electron chi connectivity index (χ1n) is 5.77. The quantitative estimate of drug-likeness (QED) is 0.713. The van der Waals surface area contributed by atoms with Crippen LogP contribution >= 0.6 is 15.9 Å². The Morgan fingerprint density at radius 1 is 1.14 bits per heavy atom. The second kappa shape index (κ2) is 5.74. The van der Waals surface area contributed by atoms with E-state index in [0.29, 0.717) is 5.69 Å². The number of sulfonamides is 1. The van der Waals surface area contributed by atoms with E-state index in [-0.39, 0.29) is 16.1 Å². The number of hydrogen-bond donors (Lipinski definition) is 3. The second-order valence-electron chi connectivity index (χ2n) is 4.23. The lowest BCUT2D eigenvalue weighted by Gasteiger charge is -2.11. The minimum atomic E-state index is -3.85. The number of nitrogen functional groups attached to an aromatic ring is 1. The van der Waals surface area contributed by atoms with Crippen molar-refractivity contribution in [2.45, 2.75) is 4.90 Å². The molecule has 21 heavy (non-hydrogen) atoms. The van der Waals surface area contributed by atoms with Gasteiger partial charge < -0.3 is 11.5 Å². The first kappa shape index (κ1) is 15.3. The minimum absolute atomic E-state index is 0.0474. The summed E-state index contributed by atoms with van der Waals surface area (Å²) < 4.78 is 27.7. The summed E-state index contributed by atoms with van der Waals surface area (Å²) in [6, 6.07) is 10.5. The van der Waals surface area contributed by atoms with Gasteiger partial charge in [0.05, 0.1) is 5.69 Å². The first-order chi connectivity index (χ1) is 9.79. The van der Waals surface area contributed by atoms with Crippen LogP contribution in [0.3, 0.4) is 0 Å². The average Bonchev–Trinajstić information content (AvgIpc) is 2.37. The van der Waals surface area contributed by atoms with Gasteiger partial charge in [-0.15, -0.1) is 0 Å². The van der Waals surface area contributed by atoms with E-state index < -0.39 is 15.9 Å². The molecule has 0 aliphatic rings. The molecular weight excluding hydrogens is 358 g/mol. The fourth-order valence-corrected chi connectivity index (χ4v) is 3.27. The molecule has 110 valence electrons. The molecule has 0 atom stereocenters. The highest BCUT2D eigenvalue weighted by atomic mass is 79.9. The van der Waals surface area contributed by atoms with Crippen molar-refractivity contribution in [1.29, 1.82) is 0 Å². The molecule has 0 radical (unpaired) electrons. The maximum atomic E-state index is 12.3. The van der Waals surface area contributed by atoms with Gasteiger partial charge in [-0.25, -0.2) is 8.42 Å². The molecule has 0 bridgehead atoms. The molecule has 0 spiro atoms. The topological polar surface area (TPSA) is 115 Å². The average molecular weight is 370 g/mol. The number of primary amides is 1. The van der Waals surface area contributed by atoms with Crippen LogP contribution in [-0.2, 0) is 10.0 Å². The molecular formula is C13H12BrN3O3S. The number of nitrogens with one attached hydrogen (secondary N) is 1. The van der Waals surface area contributed by atoms with Gasteiger partial charge in [0.15, 0.2) is 0 Å². The fraction of sp³-hybridized carbons (Fsp3) is 0. The highest BCUT2D eigenvalue weighted by Crippen LogP contribution is 2.24. The normalized spacial score (nSPS) is 11.1. The number of anilines is 2. The molecule has 1 amide bonds. The van der Waals surface area contributed by atoms with E-state index in [1.54, 1.807) is 24.3 Å². The molecule has 2 rings (SSSR count). The summed E-state index contributed by atoms with van der Waals surface area (Å²) >= 11 is 3.25. The van der Waals surface area contributed by atoms with Gasteiger partial charge >= 0.3 is 0 Å². The van der Waals surface area contributed by atoms with Gasteiger partial charge in [0, 0.05) is 15.7 Å². The lowest BCUT2D eigenvalue weighted by Crippen LogP contribution is -2.16. The fourth-order valence-electron chi connectivity index (χ4n) is 1.71. The third-order valence-corrected chi connectivity index (χ3v) is 4.61. The molecule has 2 aromatic carbocycles. The van der Waals surface area contributed by atoms with Crippen molar-refractivity contribution in [3.8, 4) is 0 Å². The Morgan fingerprint density at radius 2 is 1.86 bits per heavy atom. The van der Waals surface area contributed by atoms with Crippen LogP contribution in [0.1, 0.15) is 10.4 Å². The van der Waals surface area contributed by atoms with Crippen molar-refractivity contribution < 1.29 is 13.2 Å². The number of benzene rings is 2. The summed E-state index contributed by atoms with van der Waals surface area (Å²) in [5.41, 5.74) is 11.3. The Balaban J connectivity index is 2.38. The third kappa shape index (κ3) is 3.53. The van der Waals surface area contributed by atoms with E-state index in [9.17, 15) is 13.2 Å². The molecule has 5 N–H and O–H groups in total. The van der Waals surface area contributed by atoms with Crippen molar-refractivity contribution in [1.82, 2.24) is 0 Å². The zero-order valence-corrected chi connectivity index (χ0v) is 13.1. The molecule has 0 unspecified atom stereocenters. The molecule has 0 saturated carbocycles. The van der Waals surface area contributed by atoms with Crippen LogP contribution in [0.4, 0.5) is 11.4 Å². The highest BCUT2D eigenvalue weighted by molar-refractivity contribution is 9.10. The summed E-state index contributed by atoms with van der Waals surface area (Å²) in [5, 5.41) is 0. The maximum Gasteiger partial charge on any atom is 0.263 e. The predicted molar refractivity (Wildman–Crippen MR) is 84.3 cm³/mol. The molecule has 2 aromatic rings. The zero-order chi connectivity index (χ0) is 15.6. The summed E-state index contributed by atoms with van der Waals surface area (Å²) in [6.07, 6.45) is 0. The van der Waals surface area contributed by atoms with Crippen LogP contribution in [0.2, 0.25) is 0 Å². The van der Waals surface area contributed by atoms with Crippen LogP contribution in [0.25, 0.3) is 0 Å². The number of halogens is 1. The molecule has 0 aliphatic carbocycles. The molecule has 8 heteroatoms. The molecule has 0 fully saturated rings. The SMILES string of the molecule is NC(=O)c1ccc(S(=O)(=O)Nc2cccc(Br)c2)c(N)c1. The van der Waals surface area contributed by atoms with Gasteiger partial charge in [0.1, 0.15) is 4.90 Å². The first-order valence-corrected chi connectivity index (χ1v) is 8.05. The zero-order valence-electron chi connectivity index (χ0n) is 10.7. The summed E-state index contributed by atoms with van der Waals surface area (Å²) in [4.78, 5) is 10.9. The van der Waals surface area contributed by atoms with Crippen molar-refractivity contribution in [2.24, 2.45) is 5.73 Å². The number of hydrogen-bond acceptors (Lipinski definition) is 4. The van der Waals surface area contributed by atoms with Crippen molar-refractivity contribution in [3.63, 3.8) is 0 Å². The molecule has 6 nitrogen and oxygen atoms in total. The number of carbonyl (C=O) groups is 1. The lowest BCUT2D eigenvalue weighted by molar-refractivity contribution is 0.1000. The summed E-state index contributed by atoms with van der Waals surface area (Å²) in [7, 11) is -3.85. The van der Waals surface area contributed by atoms with Crippen LogP contribution in [0.5, 0.6) is 0 Å². The van der Waals surface area contributed by atoms with Gasteiger partial charge in [-0.1, -0.05) is 22.0 Å². The van der Waals surface area contributed by atoms with E-state index in [2.05, 4.69) is 20.7 Å². The standard InChI is InChI=1S/C13H12BrN3O3S/c14-9-2-1-3-10(7-9)17-21(19,20)12-5-4-8(13(16)18)6-11(12)15/h1-7,17H,15H2,(H2,16,18). The van der Waals surface area contributed by atoms with E-state index in [1.165, 1.54) is 18.2 Å². The summed E-state index contributed by atoms with van der Waals surface area (Å²) in [5.74, 6) is -0.675. The van der Waals surface area contributed by atoms with Crippen LogP contribution < -0.4 is 16.2 Å². The second-order valence-corrected chi connectivity index (χ2v) is 6.80. The Hall–Kier alpha value is -2.06. The Morgan fingerprint density at radius 3 is 2.43 bits per heavy atom. The van der Waals surface area contributed by atoms with Gasteiger partial charge in [-0.2, -0.15) is 0 Å². The van der Waals surface area contributed by atoms with Crippen LogP contribution in [0, 0.1) is 0 Å². The largest absolute Gasteiger partial charge is 0.398 e. The van der Waals surface area contributed by atoms with Crippen molar-refractivity contribution in [2.75, 3.05) is 10.5 Å². The number of amides is 1. The van der Waals surface area contributed by atoms with Crippen molar-refractivity contribution >= 4 is 43.2 Å². The number of carbonyl (C=O) groups excluding carboxylic acids is 1. The molecule has 0 heterocycles. The molecule has 0 saturated heterocycles. The molecule has 0 aromatic heterocycles. The lowest BCUT2D eigenvalue weighted by atomic mass is 10.2. The number of nitrogens with two attached hydrogens (primary N) is 2. The van der Waals surface area contributed by atoms with Gasteiger partial charge in [-0.3, -0.25) is 9.52 Å². The monoisotopic (exact) mass is 369 g/mol. The Labute approximate surface area is 130 Å². The van der Waals surface area contributed by atoms with Crippen LogP contribution in [-0.4, -0.2) is 14.3 Å². The summed E-state index contributed by atoms with van der Waals surface area (Å²) in [6.45, 7) is 0. The Bertz CT molecular complexity index is 806. The van der Waals surface area contributed by atoms with E-state index in [0.717, 1.165) is 4.47 Å². The Kier molecular flexibility index (Phi) is 4.19. The number of rotatable bonds is 4. The van der Waals surface area contributed by atoms with Crippen molar-refractivity contribution in [3.05, 3.63) is 52.5 Å². The van der Waals surface area contributed by atoms with Crippen LogP contribution in [0.15, 0.2) is 51.8 Å². The van der Waals surface area contributed by atoms with Gasteiger partial charge in [0.2, 0.25) is 5.91 Å². The van der Waals surface area contributed by atoms with E-state index in [4.69, 9.17) is 11.5 Å². The smallest absolute Gasteiger partial charge is 0.263 e. The van der Waals surface area contributed by atoms with E-state index >= 15 is 0 Å². The predicted octanol–water partition coefficient (Wildman–Crippen LogP) is 1.93. The van der Waals surface area contributed by atoms with Gasteiger partial charge in [0.25, 0.3) is 10.0 Å². The minimum Gasteiger partial charge on any atom is -0.398 e. The molecule has 0 aliphatic heterocycles. The highest BCUT2D eigenvalue weighted by Gasteiger charge is 2.18. The van der Waals surface area contributed by atoms with Gasteiger partial charge in [-0.05, 0) is 36.4 Å². The third-order valence-electron chi connectivity index (χ3n) is 2.66. The maximum absolute atomic E-state index is 12.3.